The molecule has 2 amide bonds. The Morgan fingerprint density at radius 1 is 1.10 bits per heavy atom. The maximum absolute atomic E-state index is 13.3. The van der Waals surface area contributed by atoms with Gasteiger partial charge in [-0.25, -0.2) is 9.20 Å². The highest BCUT2D eigenvalue weighted by Gasteiger charge is 2.50. The molecule has 7 rings (SSSR count). The quantitative estimate of drug-likeness (QED) is 0.365. The molecular weight excluding hydrogens is 516 g/mol. The fraction of sp³-hybridized carbons (Fsp3) is 0.444. The predicted octanol–water partition coefficient (Wildman–Crippen LogP) is 3.36. The van der Waals surface area contributed by atoms with Crippen LogP contribution in [0.3, 0.4) is 0 Å². The van der Waals surface area contributed by atoms with Gasteiger partial charge in [0.15, 0.2) is 0 Å². The number of likely N-dealkylation sites (tertiary alicyclic amines) is 1. The first-order chi connectivity index (χ1) is 19.0. The van der Waals surface area contributed by atoms with Crippen LogP contribution < -0.4 is 15.4 Å². The van der Waals surface area contributed by atoms with Gasteiger partial charge in [0, 0.05) is 44.0 Å². The first kappa shape index (κ1) is 24.3. The normalized spacial score (nSPS) is 17.8. The molecule has 0 radical (unpaired) electrons. The van der Waals surface area contributed by atoms with Crippen LogP contribution in [-0.2, 0) is 6.54 Å². The number of aromatic nitrogens is 5. The average molecular weight is 547 g/mol. The van der Waals surface area contributed by atoms with Crippen LogP contribution in [0.5, 0.6) is 5.88 Å². The molecule has 0 unspecified atom stereocenters. The van der Waals surface area contributed by atoms with E-state index in [1.165, 1.54) is 37.0 Å². The highest BCUT2D eigenvalue weighted by molar-refractivity contribution is 7.21. The number of ether oxygens (including phenoxy) is 1. The lowest BCUT2D eigenvalue weighted by atomic mass is 10.2. The van der Waals surface area contributed by atoms with Crippen molar-refractivity contribution in [3.63, 3.8) is 0 Å². The zero-order valence-electron chi connectivity index (χ0n) is 21.8. The summed E-state index contributed by atoms with van der Waals surface area (Å²) in [7, 11) is 0. The molecule has 6 heterocycles. The summed E-state index contributed by atoms with van der Waals surface area (Å²) in [6.07, 6.45) is 12.8. The second-order valence-corrected chi connectivity index (χ2v) is 11.6. The zero-order valence-corrected chi connectivity index (χ0v) is 22.6. The molecule has 2 N–H and O–H groups in total. The summed E-state index contributed by atoms with van der Waals surface area (Å²) in [5.41, 5.74) is 3.31. The summed E-state index contributed by atoms with van der Waals surface area (Å²) < 4.78 is 9.40. The monoisotopic (exact) mass is 546 g/mol. The van der Waals surface area contributed by atoms with E-state index in [0.29, 0.717) is 46.0 Å². The van der Waals surface area contributed by atoms with Gasteiger partial charge >= 0.3 is 0 Å². The Bertz CT molecular complexity index is 1580. The Balaban J connectivity index is 1.05. The molecule has 3 aliphatic rings. The van der Waals surface area contributed by atoms with E-state index in [1.54, 1.807) is 36.1 Å². The highest BCUT2D eigenvalue weighted by atomic mass is 32.1. The third-order valence-electron chi connectivity index (χ3n) is 8.08. The first-order valence-corrected chi connectivity index (χ1v) is 14.3. The number of aryl methyl sites for hydroxylation is 2. The van der Waals surface area contributed by atoms with Gasteiger partial charge in [0.1, 0.15) is 4.83 Å². The SMILES string of the molecule is Cc1ncc(C(=O)NCCN2CCCC23CC3)cc1NC(=O)c1cnn2cc(-c3cnn4c3OCCC4)sc12. The largest absolute Gasteiger partial charge is 0.477 e. The number of amides is 2. The van der Waals surface area contributed by atoms with E-state index in [9.17, 15) is 9.59 Å². The van der Waals surface area contributed by atoms with Gasteiger partial charge in [-0.15, -0.1) is 11.3 Å². The van der Waals surface area contributed by atoms with Crippen LogP contribution in [0, 0.1) is 6.92 Å². The Hall–Kier alpha value is -3.77. The molecule has 1 saturated heterocycles. The summed E-state index contributed by atoms with van der Waals surface area (Å²) in [5.74, 6) is 0.253. The van der Waals surface area contributed by atoms with E-state index in [4.69, 9.17) is 4.74 Å². The van der Waals surface area contributed by atoms with Crippen molar-refractivity contribution >= 4 is 33.7 Å². The lowest BCUT2D eigenvalue weighted by Crippen LogP contribution is -2.38. The fourth-order valence-corrected chi connectivity index (χ4v) is 6.80. The smallest absolute Gasteiger partial charge is 0.260 e. The number of anilines is 1. The van der Waals surface area contributed by atoms with Gasteiger partial charge in [-0.2, -0.15) is 10.2 Å². The van der Waals surface area contributed by atoms with Crippen LogP contribution in [0.15, 0.2) is 30.9 Å². The maximum Gasteiger partial charge on any atom is 0.260 e. The van der Waals surface area contributed by atoms with Gasteiger partial charge in [-0.3, -0.25) is 19.5 Å². The maximum atomic E-state index is 13.3. The lowest BCUT2D eigenvalue weighted by molar-refractivity contribution is 0.0944. The minimum atomic E-state index is -0.307. The molecule has 1 spiro atoms. The second-order valence-electron chi connectivity index (χ2n) is 10.6. The molecule has 2 fully saturated rings. The van der Waals surface area contributed by atoms with Gasteiger partial charge in [0.25, 0.3) is 11.8 Å². The number of nitrogens with zero attached hydrogens (tertiary/aromatic N) is 6. The summed E-state index contributed by atoms with van der Waals surface area (Å²) in [6, 6.07) is 1.69. The van der Waals surface area contributed by atoms with E-state index >= 15 is 0 Å². The topological polar surface area (TPSA) is 119 Å². The number of hydrogen-bond acceptors (Lipinski definition) is 8. The number of thiazole rings is 1. The summed E-state index contributed by atoms with van der Waals surface area (Å²) in [4.78, 5) is 34.7. The van der Waals surface area contributed by atoms with Crippen molar-refractivity contribution in [1.82, 2.24) is 34.6 Å². The number of pyridine rings is 1. The standard InChI is InChI=1S/C27H30N8O3S/c1-17-21(12-18(13-29-17)23(36)28-7-10-33-8-2-4-27(33)5-6-27)32-24(37)20-15-31-35-16-22(39-26(20)35)19-14-30-34-9-3-11-38-25(19)34/h12-16H,2-11H2,1H3,(H,28,36)(H,32,37). The second kappa shape index (κ2) is 9.45. The van der Waals surface area contributed by atoms with Crippen molar-refractivity contribution in [2.24, 2.45) is 0 Å². The molecule has 1 saturated carbocycles. The van der Waals surface area contributed by atoms with Crippen molar-refractivity contribution in [3.8, 4) is 16.3 Å². The molecule has 0 aromatic carbocycles. The molecule has 202 valence electrons. The highest BCUT2D eigenvalue weighted by Crippen LogP contribution is 2.49. The van der Waals surface area contributed by atoms with Gasteiger partial charge in [0.05, 0.1) is 51.9 Å². The van der Waals surface area contributed by atoms with Crippen LogP contribution in [0.1, 0.15) is 58.5 Å². The Morgan fingerprint density at radius 3 is 2.87 bits per heavy atom. The van der Waals surface area contributed by atoms with Crippen LogP contribution in [0.2, 0.25) is 0 Å². The molecule has 0 atom stereocenters. The zero-order chi connectivity index (χ0) is 26.6. The number of carbonyl (C=O) groups excluding carboxylic acids is 2. The molecule has 12 heteroatoms. The number of hydrogen-bond donors (Lipinski definition) is 2. The number of fused-ring (bicyclic) bond motifs is 2. The van der Waals surface area contributed by atoms with Gasteiger partial charge in [0.2, 0.25) is 5.88 Å². The Morgan fingerprint density at radius 2 is 2.00 bits per heavy atom. The van der Waals surface area contributed by atoms with Crippen molar-refractivity contribution < 1.29 is 14.3 Å². The lowest BCUT2D eigenvalue weighted by Gasteiger charge is -2.23. The molecule has 11 nitrogen and oxygen atoms in total. The predicted molar refractivity (Wildman–Crippen MR) is 146 cm³/mol. The molecular formula is C27H30N8O3S. The van der Waals surface area contributed by atoms with Crippen LogP contribution in [0.4, 0.5) is 5.69 Å². The summed E-state index contributed by atoms with van der Waals surface area (Å²) in [5, 5.41) is 14.8. The van der Waals surface area contributed by atoms with Gasteiger partial charge in [-0.1, -0.05) is 0 Å². The molecule has 1 aliphatic carbocycles. The number of rotatable bonds is 7. The number of nitrogens with one attached hydrogen (secondary N) is 2. The Kier molecular flexibility index (Phi) is 5.89. The summed E-state index contributed by atoms with van der Waals surface area (Å²) >= 11 is 1.46. The van der Waals surface area contributed by atoms with Crippen molar-refractivity contribution in [3.05, 3.63) is 47.7 Å². The minimum Gasteiger partial charge on any atom is -0.477 e. The van der Waals surface area contributed by atoms with Crippen molar-refractivity contribution in [2.45, 2.75) is 51.1 Å². The number of carbonyl (C=O) groups is 2. The Labute approximate surface area is 229 Å². The minimum absolute atomic E-state index is 0.190. The van der Waals surface area contributed by atoms with E-state index in [0.717, 1.165) is 42.4 Å². The molecule has 4 aromatic rings. The molecule has 39 heavy (non-hydrogen) atoms. The third-order valence-corrected chi connectivity index (χ3v) is 9.23. The average Bonchev–Trinajstić information content (AvgIpc) is 3.28. The van der Waals surface area contributed by atoms with E-state index < -0.39 is 0 Å². The van der Waals surface area contributed by atoms with Crippen molar-refractivity contribution in [2.75, 3.05) is 31.6 Å². The van der Waals surface area contributed by atoms with E-state index in [2.05, 4.69) is 30.7 Å². The van der Waals surface area contributed by atoms with Crippen molar-refractivity contribution in [1.29, 1.82) is 0 Å². The van der Waals surface area contributed by atoms with Crippen LogP contribution in [-0.4, -0.2) is 72.9 Å². The van der Waals surface area contributed by atoms with Crippen LogP contribution >= 0.6 is 11.3 Å². The first-order valence-electron chi connectivity index (χ1n) is 13.5. The molecule has 2 aliphatic heterocycles. The molecule has 0 bridgehead atoms. The fourth-order valence-electron chi connectivity index (χ4n) is 5.74. The van der Waals surface area contributed by atoms with E-state index in [1.807, 2.05) is 10.9 Å². The summed E-state index contributed by atoms with van der Waals surface area (Å²) in [6.45, 7) is 5.87. The van der Waals surface area contributed by atoms with Gasteiger partial charge in [-0.05, 0) is 45.2 Å². The molecule has 4 aromatic heterocycles. The third kappa shape index (κ3) is 4.37. The van der Waals surface area contributed by atoms with Gasteiger partial charge < -0.3 is 15.4 Å². The van der Waals surface area contributed by atoms with Crippen LogP contribution in [0.25, 0.3) is 15.3 Å². The van der Waals surface area contributed by atoms with E-state index in [-0.39, 0.29) is 11.8 Å².